The van der Waals surface area contributed by atoms with Gasteiger partial charge in [-0.1, -0.05) is 25.1 Å². The molecule has 0 aliphatic rings. The van der Waals surface area contributed by atoms with Gasteiger partial charge in [-0.3, -0.25) is 19.9 Å². The summed E-state index contributed by atoms with van der Waals surface area (Å²) in [6.45, 7) is 1.62. The number of carbonyl (C=O) groups is 2. The zero-order chi connectivity index (χ0) is 13.7. The van der Waals surface area contributed by atoms with Gasteiger partial charge in [0.25, 0.3) is 0 Å². The average molecular weight is 253 g/mol. The molecule has 1 atom stereocenters. The lowest BCUT2D eigenvalue weighted by Crippen LogP contribution is -2.45. The molecule has 1 aromatic rings. The SMILES string of the molecule is CCC(C(C(=O)O)C(=O)O)N(O)c1ccccc1. The number of hydrogen-bond donors (Lipinski definition) is 3. The fourth-order valence-electron chi connectivity index (χ4n) is 1.76. The summed E-state index contributed by atoms with van der Waals surface area (Å²) in [5, 5.41) is 28.5. The highest BCUT2D eigenvalue weighted by molar-refractivity contribution is 5.94. The number of nitrogens with zero attached hydrogens (tertiary/aromatic N) is 1. The normalized spacial score (nSPS) is 12.2. The van der Waals surface area contributed by atoms with Crippen LogP contribution >= 0.6 is 0 Å². The number of para-hydroxylation sites is 1. The third kappa shape index (κ3) is 2.98. The number of carboxylic acid groups (broad SMARTS) is 2. The van der Waals surface area contributed by atoms with E-state index in [0.29, 0.717) is 10.8 Å². The molecule has 18 heavy (non-hydrogen) atoms. The zero-order valence-corrected chi connectivity index (χ0v) is 9.85. The van der Waals surface area contributed by atoms with Crippen molar-refractivity contribution in [3.63, 3.8) is 0 Å². The summed E-state index contributed by atoms with van der Waals surface area (Å²) >= 11 is 0. The molecule has 0 aliphatic carbocycles. The van der Waals surface area contributed by atoms with Crippen molar-refractivity contribution >= 4 is 17.6 Å². The predicted molar refractivity (Wildman–Crippen MR) is 63.5 cm³/mol. The van der Waals surface area contributed by atoms with Crippen LogP contribution in [0.3, 0.4) is 0 Å². The van der Waals surface area contributed by atoms with Gasteiger partial charge in [0.15, 0.2) is 5.92 Å². The molecule has 0 heterocycles. The molecule has 98 valence electrons. The topological polar surface area (TPSA) is 98.1 Å². The number of hydroxylamine groups is 1. The number of anilines is 1. The highest BCUT2D eigenvalue weighted by atomic mass is 16.5. The monoisotopic (exact) mass is 253 g/mol. The maximum atomic E-state index is 11.0. The number of rotatable bonds is 6. The van der Waals surface area contributed by atoms with Crippen LogP contribution in [0, 0.1) is 5.92 Å². The highest BCUT2D eigenvalue weighted by Gasteiger charge is 2.37. The summed E-state index contributed by atoms with van der Waals surface area (Å²) in [4.78, 5) is 21.9. The van der Waals surface area contributed by atoms with Gasteiger partial charge in [-0.15, -0.1) is 0 Å². The molecule has 0 aromatic heterocycles. The molecule has 0 saturated carbocycles. The van der Waals surface area contributed by atoms with Gasteiger partial charge in [0.05, 0.1) is 11.7 Å². The first kappa shape index (κ1) is 14.0. The zero-order valence-electron chi connectivity index (χ0n) is 9.85. The molecule has 0 saturated heterocycles. The van der Waals surface area contributed by atoms with E-state index in [4.69, 9.17) is 10.2 Å². The number of aliphatic carboxylic acids is 2. The standard InChI is InChI=1S/C12H15NO5/c1-2-9(10(11(14)15)12(16)17)13(18)8-6-4-3-5-7-8/h3-7,9-10,18H,2H2,1H3,(H,14,15)(H,16,17). The first-order valence-electron chi connectivity index (χ1n) is 5.47. The molecule has 6 nitrogen and oxygen atoms in total. The molecule has 3 N–H and O–H groups in total. The van der Waals surface area contributed by atoms with E-state index < -0.39 is 23.9 Å². The Morgan fingerprint density at radius 1 is 1.17 bits per heavy atom. The van der Waals surface area contributed by atoms with E-state index in [2.05, 4.69) is 0 Å². The van der Waals surface area contributed by atoms with Crippen molar-refractivity contribution in [2.45, 2.75) is 19.4 Å². The second-order valence-electron chi connectivity index (χ2n) is 3.81. The van der Waals surface area contributed by atoms with E-state index in [1.807, 2.05) is 0 Å². The second kappa shape index (κ2) is 6.02. The highest BCUT2D eigenvalue weighted by Crippen LogP contribution is 2.21. The van der Waals surface area contributed by atoms with E-state index in [-0.39, 0.29) is 6.42 Å². The van der Waals surface area contributed by atoms with Crippen molar-refractivity contribution in [2.24, 2.45) is 5.92 Å². The first-order valence-corrected chi connectivity index (χ1v) is 5.47. The third-order valence-electron chi connectivity index (χ3n) is 2.67. The fourth-order valence-corrected chi connectivity index (χ4v) is 1.76. The Kier molecular flexibility index (Phi) is 4.67. The number of carboxylic acids is 2. The largest absolute Gasteiger partial charge is 0.481 e. The van der Waals surface area contributed by atoms with Crippen LogP contribution in [0.2, 0.25) is 0 Å². The summed E-state index contributed by atoms with van der Waals surface area (Å²) in [5.74, 6) is -4.62. The van der Waals surface area contributed by atoms with Crippen molar-refractivity contribution in [1.82, 2.24) is 0 Å². The van der Waals surface area contributed by atoms with Crippen LogP contribution in [0.4, 0.5) is 5.69 Å². The quantitative estimate of drug-likeness (QED) is 0.524. The molecular weight excluding hydrogens is 238 g/mol. The van der Waals surface area contributed by atoms with Crippen LogP contribution in [0.25, 0.3) is 0 Å². The van der Waals surface area contributed by atoms with E-state index in [1.54, 1.807) is 37.3 Å². The summed E-state index contributed by atoms with van der Waals surface area (Å²) in [7, 11) is 0. The van der Waals surface area contributed by atoms with E-state index in [1.165, 1.54) is 0 Å². The van der Waals surface area contributed by atoms with Crippen molar-refractivity contribution in [3.05, 3.63) is 30.3 Å². The van der Waals surface area contributed by atoms with Gasteiger partial charge in [-0.2, -0.15) is 0 Å². The van der Waals surface area contributed by atoms with Crippen LogP contribution in [-0.2, 0) is 9.59 Å². The molecule has 0 radical (unpaired) electrons. The minimum atomic E-state index is -1.68. The Morgan fingerprint density at radius 3 is 2.06 bits per heavy atom. The van der Waals surface area contributed by atoms with Crippen molar-refractivity contribution < 1.29 is 25.0 Å². The molecule has 1 rings (SSSR count). The molecule has 1 aromatic carbocycles. The third-order valence-corrected chi connectivity index (χ3v) is 2.67. The maximum absolute atomic E-state index is 11.0. The minimum Gasteiger partial charge on any atom is -0.481 e. The van der Waals surface area contributed by atoms with Crippen LogP contribution in [0.1, 0.15) is 13.3 Å². The van der Waals surface area contributed by atoms with E-state index in [9.17, 15) is 14.8 Å². The maximum Gasteiger partial charge on any atom is 0.320 e. The lowest BCUT2D eigenvalue weighted by molar-refractivity contribution is -0.156. The molecule has 0 bridgehead atoms. The Balaban J connectivity index is 3.02. The summed E-state index contributed by atoms with van der Waals surface area (Å²) in [6.07, 6.45) is 0.189. The Morgan fingerprint density at radius 2 is 1.67 bits per heavy atom. The van der Waals surface area contributed by atoms with Gasteiger partial charge >= 0.3 is 11.9 Å². The van der Waals surface area contributed by atoms with Gasteiger partial charge in [0, 0.05) is 0 Å². The molecule has 6 heteroatoms. The smallest absolute Gasteiger partial charge is 0.320 e. The molecule has 1 unspecified atom stereocenters. The Bertz CT molecular complexity index is 406. The molecule has 0 spiro atoms. The summed E-state index contributed by atoms with van der Waals surface area (Å²) in [5.41, 5.74) is 0.358. The van der Waals surface area contributed by atoms with E-state index in [0.717, 1.165) is 0 Å². The molecule has 0 fully saturated rings. The molecule has 0 amide bonds. The van der Waals surface area contributed by atoms with Crippen molar-refractivity contribution in [1.29, 1.82) is 0 Å². The predicted octanol–water partition coefficient (Wildman–Crippen LogP) is 1.45. The van der Waals surface area contributed by atoms with Crippen LogP contribution in [0.15, 0.2) is 30.3 Å². The van der Waals surface area contributed by atoms with Crippen LogP contribution in [0.5, 0.6) is 0 Å². The lowest BCUT2D eigenvalue weighted by atomic mass is 9.97. The number of hydrogen-bond acceptors (Lipinski definition) is 4. The number of benzene rings is 1. The first-order chi connectivity index (χ1) is 8.49. The van der Waals surface area contributed by atoms with Gasteiger partial charge in [-0.05, 0) is 18.6 Å². The molecule has 0 aliphatic heterocycles. The van der Waals surface area contributed by atoms with Gasteiger partial charge in [-0.25, -0.2) is 0 Å². The fraction of sp³-hybridized carbons (Fsp3) is 0.333. The van der Waals surface area contributed by atoms with Crippen molar-refractivity contribution in [2.75, 3.05) is 5.06 Å². The Hall–Kier alpha value is -2.08. The van der Waals surface area contributed by atoms with Crippen molar-refractivity contribution in [3.8, 4) is 0 Å². The van der Waals surface area contributed by atoms with Gasteiger partial charge < -0.3 is 10.2 Å². The second-order valence-corrected chi connectivity index (χ2v) is 3.81. The van der Waals surface area contributed by atoms with Gasteiger partial charge in [0.1, 0.15) is 0 Å². The van der Waals surface area contributed by atoms with Crippen LogP contribution < -0.4 is 5.06 Å². The average Bonchev–Trinajstić information content (AvgIpc) is 2.35. The lowest BCUT2D eigenvalue weighted by Gasteiger charge is -2.29. The summed E-state index contributed by atoms with van der Waals surface area (Å²) in [6, 6.07) is 7.20. The molecular formula is C12H15NO5. The Labute approximate surface area is 104 Å². The van der Waals surface area contributed by atoms with E-state index >= 15 is 0 Å². The van der Waals surface area contributed by atoms with Gasteiger partial charge in [0.2, 0.25) is 0 Å². The summed E-state index contributed by atoms with van der Waals surface area (Å²) < 4.78 is 0. The van der Waals surface area contributed by atoms with Crippen LogP contribution in [-0.4, -0.2) is 33.4 Å². The minimum absolute atomic E-state index is 0.189.